The van der Waals surface area contributed by atoms with Crippen LogP contribution in [0.25, 0.3) is 11.3 Å². The molecule has 0 spiro atoms. The van der Waals surface area contributed by atoms with Gasteiger partial charge in [0, 0.05) is 37.5 Å². The molecule has 2 atom stereocenters. The van der Waals surface area contributed by atoms with Gasteiger partial charge in [-0.15, -0.1) is 0 Å². The number of nitrogens with zero attached hydrogens (tertiary/aromatic N) is 4. The summed E-state index contributed by atoms with van der Waals surface area (Å²) in [6.07, 6.45) is 9.98. The fraction of sp³-hybridized carbons (Fsp3) is 0.526. The Morgan fingerprint density at radius 1 is 1.20 bits per heavy atom. The largest absolute Gasteiger partial charge is 0.339 e. The van der Waals surface area contributed by atoms with Crippen LogP contribution in [0, 0.1) is 11.7 Å². The third-order valence-electron chi connectivity index (χ3n) is 5.66. The maximum atomic E-state index is 14.1. The fourth-order valence-corrected chi connectivity index (χ4v) is 4.38. The third kappa shape index (κ3) is 2.94. The van der Waals surface area contributed by atoms with Crippen molar-refractivity contribution >= 4 is 5.95 Å². The fourth-order valence-electron chi connectivity index (χ4n) is 4.38. The molecule has 3 heterocycles. The quantitative estimate of drug-likeness (QED) is 0.841. The van der Waals surface area contributed by atoms with Crippen molar-refractivity contribution in [3.05, 3.63) is 40.7 Å². The first kappa shape index (κ1) is 16.2. The molecule has 0 aromatic carbocycles. The summed E-state index contributed by atoms with van der Waals surface area (Å²) in [5, 5.41) is 0. The maximum Gasteiger partial charge on any atom is 0.255 e. The Balaban J connectivity index is 1.79. The second-order valence-corrected chi connectivity index (χ2v) is 7.14. The smallest absolute Gasteiger partial charge is 0.255 e. The highest BCUT2D eigenvalue weighted by atomic mass is 19.1. The van der Waals surface area contributed by atoms with Crippen molar-refractivity contribution in [2.45, 2.75) is 44.6 Å². The van der Waals surface area contributed by atoms with Crippen molar-refractivity contribution in [2.24, 2.45) is 13.0 Å². The van der Waals surface area contributed by atoms with Gasteiger partial charge in [-0.05, 0) is 37.7 Å². The summed E-state index contributed by atoms with van der Waals surface area (Å²) in [7, 11) is 1.75. The average Bonchev–Trinajstić information content (AvgIpc) is 2.64. The monoisotopic (exact) mass is 342 g/mol. The lowest BCUT2D eigenvalue weighted by atomic mass is 9.78. The molecule has 5 nitrogen and oxygen atoms in total. The number of fused-ring (bicyclic) bond motifs is 1. The first-order chi connectivity index (χ1) is 12.1. The number of rotatable bonds is 2. The lowest BCUT2D eigenvalue weighted by molar-refractivity contribution is 0.240. The van der Waals surface area contributed by atoms with Crippen LogP contribution in [0.2, 0.25) is 0 Å². The van der Waals surface area contributed by atoms with Crippen LogP contribution < -0.4 is 10.5 Å². The molecular formula is C19H23FN4O. The molecule has 1 unspecified atom stereocenters. The van der Waals surface area contributed by atoms with E-state index in [1.54, 1.807) is 17.7 Å². The molecule has 1 aliphatic heterocycles. The zero-order chi connectivity index (χ0) is 17.4. The molecule has 0 N–H and O–H groups in total. The molecule has 2 aromatic rings. The summed E-state index contributed by atoms with van der Waals surface area (Å²) < 4.78 is 15.7. The molecule has 2 aromatic heterocycles. The molecular weight excluding hydrogens is 319 g/mol. The normalized spacial score (nSPS) is 23.4. The van der Waals surface area contributed by atoms with E-state index >= 15 is 0 Å². The van der Waals surface area contributed by atoms with E-state index in [0.717, 1.165) is 25.6 Å². The first-order valence-corrected chi connectivity index (χ1v) is 9.10. The SMILES string of the molecule is Cn1c(N2CCCC3CCCC[C@@H]32)nc(-c2ccncc2F)cc1=O. The van der Waals surface area contributed by atoms with E-state index in [9.17, 15) is 9.18 Å². The maximum absolute atomic E-state index is 14.1. The van der Waals surface area contributed by atoms with Crippen LogP contribution in [-0.2, 0) is 7.05 Å². The number of piperidine rings is 1. The highest BCUT2D eigenvalue weighted by molar-refractivity contribution is 5.60. The van der Waals surface area contributed by atoms with Gasteiger partial charge in [0.05, 0.1) is 11.9 Å². The van der Waals surface area contributed by atoms with Gasteiger partial charge >= 0.3 is 0 Å². The third-order valence-corrected chi connectivity index (χ3v) is 5.66. The summed E-state index contributed by atoms with van der Waals surface area (Å²) in [6.45, 7) is 0.906. The molecule has 1 saturated carbocycles. The summed E-state index contributed by atoms with van der Waals surface area (Å²) in [4.78, 5) is 23.3. The van der Waals surface area contributed by atoms with Crippen LogP contribution >= 0.6 is 0 Å². The van der Waals surface area contributed by atoms with Gasteiger partial charge in [-0.2, -0.15) is 0 Å². The summed E-state index contributed by atoms with van der Waals surface area (Å²) in [5.41, 5.74) is 0.552. The second-order valence-electron chi connectivity index (χ2n) is 7.14. The van der Waals surface area contributed by atoms with Crippen LogP contribution in [0.1, 0.15) is 38.5 Å². The molecule has 0 bridgehead atoms. The van der Waals surface area contributed by atoms with Crippen molar-refractivity contribution in [1.29, 1.82) is 0 Å². The highest BCUT2D eigenvalue weighted by Gasteiger charge is 2.35. The predicted molar refractivity (Wildman–Crippen MR) is 95.0 cm³/mol. The molecule has 2 aliphatic rings. The summed E-state index contributed by atoms with van der Waals surface area (Å²) in [5.74, 6) is 0.888. The van der Waals surface area contributed by atoms with E-state index in [1.165, 1.54) is 37.9 Å². The Morgan fingerprint density at radius 2 is 2.00 bits per heavy atom. The second kappa shape index (κ2) is 6.58. The van der Waals surface area contributed by atoms with Crippen LogP contribution in [0.5, 0.6) is 0 Å². The minimum atomic E-state index is -0.455. The molecule has 6 heteroatoms. The van der Waals surface area contributed by atoms with E-state index in [1.807, 2.05) is 0 Å². The van der Waals surface area contributed by atoms with Crippen molar-refractivity contribution in [2.75, 3.05) is 11.4 Å². The van der Waals surface area contributed by atoms with Gasteiger partial charge in [0.2, 0.25) is 5.95 Å². The topological polar surface area (TPSA) is 51.0 Å². The molecule has 4 rings (SSSR count). The zero-order valence-electron chi connectivity index (χ0n) is 14.5. The summed E-state index contributed by atoms with van der Waals surface area (Å²) >= 11 is 0. The molecule has 132 valence electrons. The minimum absolute atomic E-state index is 0.158. The molecule has 0 amide bonds. The Bertz CT molecular complexity index is 832. The molecule has 2 fully saturated rings. The summed E-state index contributed by atoms with van der Waals surface area (Å²) in [6, 6.07) is 3.42. The Hall–Kier alpha value is -2.24. The van der Waals surface area contributed by atoms with Crippen LogP contribution in [0.15, 0.2) is 29.3 Å². The highest BCUT2D eigenvalue weighted by Crippen LogP contribution is 2.37. The van der Waals surface area contributed by atoms with E-state index in [4.69, 9.17) is 4.98 Å². The number of pyridine rings is 1. The Kier molecular flexibility index (Phi) is 4.27. The number of hydrogen-bond acceptors (Lipinski definition) is 4. The van der Waals surface area contributed by atoms with Gasteiger partial charge in [0.1, 0.15) is 0 Å². The lowest BCUT2D eigenvalue weighted by Crippen LogP contribution is -2.49. The van der Waals surface area contributed by atoms with E-state index in [2.05, 4.69) is 9.88 Å². The van der Waals surface area contributed by atoms with Gasteiger partial charge in [-0.25, -0.2) is 9.37 Å². The van der Waals surface area contributed by atoms with Crippen molar-refractivity contribution < 1.29 is 4.39 Å². The van der Waals surface area contributed by atoms with E-state index in [-0.39, 0.29) is 5.56 Å². The van der Waals surface area contributed by atoms with Gasteiger partial charge in [-0.1, -0.05) is 12.8 Å². The minimum Gasteiger partial charge on any atom is -0.339 e. The Morgan fingerprint density at radius 3 is 2.84 bits per heavy atom. The zero-order valence-corrected chi connectivity index (χ0v) is 14.5. The average molecular weight is 342 g/mol. The molecule has 1 saturated heterocycles. The van der Waals surface area contributed by atoms with Crippen LogP contribution in [0.4, 0.5) is 10.3 Å². The molecule has 25 heavy (non-hydrogen) atoms. The van der Waals surface area contributed by atoms with Gasteiger partial charge in [-0.3, -0.25) is 14.3 Å². The predicted octanol–water partition coefficient (Wildman–Crippen LogP) is 3.14. The standard InChI is InChI=1S/C19H23FN4O/c1-23-18(25)11-16(14-8-9-21-12-15(14)20)22-19(23)24-10-4-6-13-5-2-3-7-17(13)24/h8-9,11-13,17H,2-7,10H2,1H3/t13?,17-/m0/s1. The molecule has 1 aliphatic carbocycles. The van der Waals surface area contributed by atoms with Gasteiger partial charge in [0.15, 0.2) is 5.82 Å². The van der Waals surface area contributed by atoms with Crippen molar-refractivity contribution in [1.82, 2.24) is 14.5 Å². The number of aromatic nitrogens is 3. The lowest BCUT2D eigenvalue weighted by Gasteiger charge is -2.45. The number of halogens is 1. The van der Waals surface area contributed by atoms with Crippen LogP contribution in [-0.4, -0.2) is 27.1 Å². The van der Waals surface area contributed by atoms with Gasteiger partial charge < -0.3 is 4.90 Å². The number of anilines is 1. The van der Waals surface area contributed by atoms with E-state index in [0.29, 0.717) is 29.2 Å². The van der Waals surface area contributed by atoms with Crippen molar-refractivity contribution in [3.8, 4) is 11.3 Å². The van der Waals surface area contributed by atoms with Crippen molar-refractivity contribution in [3.63, 3.8) is 0 Å². The number of hydrogen-bond donors (Lipinski definition) is 0. The van der Waals surface area contributed by atoms with E-state index < -0.39 is 5.82 Å². The van der Waals surface area contributed by atoms with Crippen LogP contribution in [0.3, 0.4) is 0 Å². The Labute approximate surface area is 146 Å². The van der Waals surface area contributed by atoms with Gasteiger partial charge in [0.25, 0.3) is 5.56 Å². The first-order valence-electron chi connectivity index (χ1n) is 9.10. The molecule has 0 radical (unpaired) electrons.